The van der Waals surface area contributed by atoms with Crippen LogP contribution in [0.4, 0.5) is 0 Å². The summed E-state index contributed by atoms with van der Waals surface area (Å²) in [6, 6.07) is 0. The Morgan fingerprint density at radius 2 is 0.757 bits per heavy atom. The molecule has 2 nitrogen and oxygen atoms in total. The maximum atomic E-state index is 12.5. The first-order chi connectivity index (χ1) is 18.2. The van der Waals surface area contributed by atoms with Crippen LogP contribution in [0.3, 0.4) is 0 Å². The molecular formula is C35H70O2. The fourth-order valence-corrected chi connectivity index (χ4v) is 5.49. The second kappa shape index (κ2) is 30.0. The molecule has 0 spiro atoms. The van der Waals surface area contributed by atoms with Gasteiger partial charge in [0.05, 0.1) is 12.5 Å². The Morgan fingerprint density at radius 1 is 0.459 bits per heavy atom. The SMILES string of the molecule is CCCCCCCCCCCCCCCC(CCCCCCCCCC)COC(=O)C(C)CCCCC. The predicted molar refractivity (Wildman–Crippen MR) is 165 cm³/mol. The van der Waals surface area contributed by atoms with Crippen LogP contribution in [-0.4, -0.2) is 12.6 Å². The van der Waals surface area contributed by atoms with E-state index in [2.05, 4.69) is 27.7 Å². The van der Waals surface area contributed by atoms with Crippen molar-refractivity contribution in [1.82, 2.24) is 0 Å². The summed E-state index contributed by atoms with van der Waals surface area (Å²) in [6.07, 6.45) is 36.3. The van der Waals surface area contributed by atoms with Crippen LogP contribution in [0.15, 0.2) is 0 Å². The van der Waals surface area contributed by atoms with Crippen LogP contribution < -0.4 is 0 Å². The third-order valence-corrected chi connectivity index (χ3v) is 8.29. The van der Waals surface area contributed by atoms with Gasteiger partial charge in [0.2, 0.25) is 0 Å². The molecule has 0 aromatic rings. The molecule has 0 bridgehead atoms. The first-order valence-electron chi connectivity index (χ1n) is 17.3. The second-order valence-corrected chi connectivity index (χ2v) is 12.2. The third-order valence-electron chi connectivity index (χ3n) is 8.29. The number of hydrogen-bond acceptors (Lipinski definition) is 2. The topological polar surface area (TPSA) is 26.3 Å². The second-order valence-electron chi connectivity index (χ2n) is 12.2. The fraction of sp³-hybridized carbons (Fsp3) is 0.971. The van der Waals surface area contributed by atoms with E-state index in [0.717, 1.165) is 12.8 Å². The number of hydrogen-bond donors (Lipinski definition) is 0. The van der Waals surface area contributed by atoms with Gasteiger partial charge in [-0.2, -0.15) is 0 Å². The maximum absolute atomic E-state index is 12.5. The highest BCUT2D eigenvalue weighted by atomic mass is 16.5. The van der Waals surface area contributed by atoms with Crippen molar-refractivity contribution in [2.24, 2.45) is 11.8 Å². The molecule has 0 aliphatic rings. The van der Waals surface area contributed by atoms with Gasteiger partial charge in [-0.15, -0.1) is 0 Å². The Balaban J connectivity index is 4.04. The molecule has 0 aliphatic carbocycles. The van der Waals surface area contributed by atoms with Gasteiger partial charge in [-0.05, 0) is 25.2 Å². The van der Waals surface area contributed by atoms with Gasteiger partial charge in [0.25, 0.3) is 0 Å². The lowest BCUT2D eigenvalue weighted by atomic mass is 9.94. The maximum Gasteiger partial charge on any atom is 0.308 e. The first-order valence-corrected chi connectivity index (χ1v) is 17.3. The lowest BCUT2D eigenvalue weighted by molar-refractivity contribution is -0.149. The number of ether oxygens (including phenoxy) is 1. The summed E-state index contributed by atoms with van der Waals surface area (Å²) in [7, 11) is 0. The Hall–Kier alpha value is -0.530. The molecule has 0 aliphatic heterocycles. The number of rotatable bonds is 30. The summed E-state index contributed by atoms with van der Waals surface area (Å²) in [6.45, 7) is 9.51. The van der Waals surface area contributed by atoms with E-state index in [1.165, 1.54) is 161 Å². The van der Waals surface area contributed by atoms with Gasteiger partial charge < -0.3 is 4.74 Å². The highest BCUT2D eigenvalue weighted by molar-refractivity contribution is 5.71. The first kappa shape index (κ1) is 36.5. The van der Waals surface area contributed by atoms with Gasteiger partial charge >= 0.3 is 5.97 Å². The minimum absolute atomic E-state index is 0.0439. The van der Waals surface area contributed by atoms with E-state index >= 15 is 0 Å². The van der Waals surface area contributed by atoms with Crippen molar-refractivity contribution in [1.29, 1.82) is 0 Å². The van der Waals surface area contributed by atoms with E-state index in [-0.39, 0.29) is 11.9 Å². The molecule has 0 N–H and O–H groups in total. The fourth-order valence-electron chi connectivity index (χ4n) is 5.49. The Morgan fingerprint density at radius 3 is 1.14 bits per heavy atom. The molecule has 0 radical (unpaired) electrons. The van der Waals surface area contributed by atoms with Crippen LogP contribution in [0.5, 0.6) is 0 Å². The van der Waals surface area contributed by atoms with Crippen LogP contribution in [0.1, 0.15) is 201 Å². The summed E-state index contributed by atoms with van der Waals surface area (Å²) >= 11 is 0. The zero-order chi connectivity index (χ0) is 27.2. The molecule has 2 atom stereocenters. The lowest BCUT2D eigenvalue weighted by Gasteiger charge is -2.19. The number of carbonyl (C=O) groups is 1. The molecule has 0 saturated heterocycles. The van der Waals surface area contributed by atoms with E-state index in [1.807, 2.05) is 0 Å². The smallest absolute Gasteiger partial charge is 0.308 e. The predicted octanol–water partition coefficient (Wildman–Crippen LogP) is 12.4. The Bertz CT molecular complexity index is 447. The van der Waals surface area contributed by atoms with Crippen LogP contribution in [-0.2, 0) is 9.53 Å². The normalized spacial score (nSPS) is 13.1. The Labute approximate surface area is 234 Å². The van der Waals surface area contributed by atoms with Crippen LogP contribution >= 0.6 is 0 Å². The van der Waals surface area contributed by atoms with E-state index in [4.69, 9.17) is 4.74 Å². The minimum Gasteiger partial charge on any atom is -0.465 e. The summed E-state index contributed by atoms with van der Waals surface area (Å²) < 4.78 is 5.84. The summed E-state index contributed by atoms with van der Waals surface area (Å²) in [5, 5.41) is 0. The van der Waals surface area contributed by atoms with Crippen molar-refractivity contribution in [2.75, 3.05) is 6.61 Å². The van der Waals surface area contributed by atoms with E-state index in [0.29, 0.717) is 12.5 Å². The summed E-state index contributed by atoms with van der Waals surface area (Å²) in [4.78, 5) is 12.5. The molecule has 0 aromatic heterocycles. The van der Waals surface area contributed by atoms with Gasteiger partial charge in [-0.1, -0.05) is 182 Å². The highest BCUT2D eigenvalue weighted by Crippen LogP contribution is 2.21. The van der Waals surface area contributed by atoms with Crippen molar-refractivity contribution in [3.05, 3.63) is 0 Å². The standard InChI is InChI=1S/C35H70O2/c1-5-8-11-13-15-17-18-19-20-21-23-25-28-31-34(30-27-24-22-16-14-12-9-6-2)32-37-35(36)33(4)29-26-10-7-3/h33-34H,5-32H2,1-4H3. The number of unbranched alkanes of at least 4 members (excludes halogenated alkanes) is 21. The third kappa shape index (κ3) is 26.8. The minimum atomic E-state index is 0.0439. The molecule has 222 valence electrons. The van der Waals surface area contributed by atoms with Crippen molar-refractivity contribution in [2.45, 2.75) is 201 Å². The van der Waals surface area contributed by atoms with E-state index in [9.17, 15) is 4.79 Å². The molecule has 0 aromatic carbocycles. The molecule has 37 heavy (non-hydrogen) atoms. The van der Waals surface area contributed by atoms with Crippen molar-refractivity contribution < 1.29 is 9.53 Å². The average molecular weight is 523 g/mol. The molecule has 0 saturated carbocycles. The van der Waals surface area contributed by atoms with Gasteiger partial charge in [-0.3, -0.25) is 4.79 Å². The highest BCUT2D eigenvalue weighted by Gasteiger charge is 2.17. The lowest BCUT2D eigenvalue weighted by Crippen LogP contribution is -2.19. The van der Waals surface area contributed by atoms with Crippen LogP contribution in [0, 0.1) is 11.8 Å². The molecule has 0 amide bonds. The van der Waals surface area contributed by atoms with Gasteiger partial charge in [0.1, 0.15) is 0 Å². The van der Waals surface area contributed by atoms with Crippen molar-refractivity contribution >= 4 is 5.97 Å². The molecule has 2 unspecified atom stereocenters. The zero-order valence-electron chi connectivity index (χ0n) is 26.3. The number of esters is 1. The Kier molecular flexibility index (Phi) is 29.6. The number of carbonyl (C=O) groups excluding carboxylic acids is 1. The largest absolute Gasteiger partial charge is 0.465 e. The van der Waals surface area contributed by atoms with Crippen LogP contribution in [0.25, 0.3) is 0 Å². The monoisotopic (exact) mass is 523 g/mol. The molecular weight excluding hydrogens is 452 g/mol. The molecule has 0 heterocycles. The van der Waals surface area contributed by atoms with E-state index in [1.54, 1.807) is 0 Å². The summed E-state index contributed by atoms with van der Waals surface area (Å²) in [5.41, 5.74) is 0. The zero-order valence-corrected chi connectivity index (χ0v) is 26.3. The van der Waals surface area contributed by atoms with Crippen molar-refractivity contribution in [3.63, 3.8) is 0 Å². The molecule has 2 heteroatoms. The summed E-state index contributed by atoms with van der Waals surface area (Å²) in [5.74, 6) is 0.675. The molecule has 0 rings (SSSR count). The molecule has 0 fully saturated rings. The van der Waals surface area contributed by atoms with Crippen LogP contribution in [0.2, 0.25) is 0 Å². The quantitative estimate of drug-likeness (QED) is 0.0692. The van der Waals surface area contributed by atoms with E-state index < -0.39 is 0 Å². The van der Waals surface area contributed by atoms with Gasteiger partial charge in [0, 0.05) is 0 Å². The van der Waals surface area contributed by atoms with Gasteiger partial charge in [-0.25, -0.2) is 0 Å². The van der Waals surface area contributed by atoms with Crippen molar-refractivity contribution in [3.8, 4) is 0 Å². The average Bonchev–Trinajstić information content (AvgIpc) is 2.90. The van der Waals surface area contributed by atoms with Gasteiger partial charge in [0.15, 0.2) is 0 Å².